The summed E-state index contributed by atoms with van der Waals surface area (Å²) in [6.07, 6.45) is 2.02. The monoisotopic (exact) mass is 247 g/mol. The van der Waals surface area contributed by atoms with E-state index >= 15 is 0 Å². The topological polar surface area (TPSA) is 20.3 Å². The number of rotatable bonds is 6. The molecular weight excluding hydrogens is 222 g/mol. The summed E-state index contributed by atoms with van der Waals surface area (Å²) < 4.78 is 0. The predicted octanol–water partition coefficient (Wildman–Crippen LogP) is 3.61. The van der Waals surface area contributed by atoms with E-state index in [1.165, 1.54) is 0 Å². The number of nitrogens with zero attached hydrogens (tertiary/aromatic N) is 1. The van der Waals surface area contributed by atoms with E-state index in [9.17, 15) is 4.79 Å². The predicted molar refractivity (Wildman–Crippen MR) is 76.6 cm³/mol. The fourth-order valence-corrected chi connectivity index (χ4v) is 2.23. The van der Waals surface area contributed by atoms with Crippen LogP contribution in [0.5, 0.6) is 0 Å². The van der Waals surface area contributed by atoms with Crippen molar-refractivity contribution >= 4 is 5.91 Å². The average Bonchev–Trinajstić information content (AvgIpc) is 2.38. The van der Waals surface area contributed by atoms with Crippen molar-refractivity contribution < 1.29 is 4.79 Å². The van der Waals surface area contributed by atoms with Crippen LogP contribution in [0.4, 0.5) is 0 Å². The van der Waals surface area contributed by atoms with Gasteiger partial charge in [-0.2, -0.15) is 0 Å². The first kappa shape index (κ1) is 14.7. The van der Waals surface area contributed by atoms with Gasteiger partial charge in [0, 0.05) is 13.1 Å². The largest absolute Gasteiger partial charge is 0.342 e. The zero-order valence-electron chi connectivity index (χ0n) is 12.1. The van der Waals surface area contributed by atoms with Crippen LogP contribution in [0.15, 0.2) is 30.3 Å². The van der Waals surface area contributed by atoms with E-state index in [4.69, 9.17) is 0 Å². The summed E-state index contributed by atoms with van der Waals surface area (Å²) in [5, 5.41) is 0. The molecule has 0 fully saturated rings. The van der Waals surface area contributed by atoms with Gasteiger partial charge in [-0.25, -0.2) is 0 Å². The first-order chi connectivity index (χ1) is 8.54. The summed E-state index contributed by atoms with van der Waals surface area (Å²) in [5.41, 5.74) is 0.651. The second kappa shape index (κ2) is 6.58. The Morgan fingerprint density at radius 1 is 1.06 bits per heavy atom. The number of hydrogen-bond acceptors (Lipinski definition) is 1. The van der Waals surface area contributed by atoms with E-state index in [2.05, 4.69) is 13.8 Å². The quantitative estimate of drug-likeness (QED) is 0.752. The van der Waals surface area contributed by atoms with Gasteiger partial charge in [0.25, 0.3) is 0 Å². The first-order valence-electron chi connectivity index (χ1n) is 6.89. The Kier molecular flexibility index (Phi) is 5.39. The maximum absolute atomic E-state index is 12.7. The number of amides is 1. The molecule has 1 amide bonds. The van der Waals surface area contributed by atoms with Crippen LogP contribution >= 0.6 is 0 Å². The molecule has 0 N–H and O–H groups in total. The Labute approximate surface area is 111 Å². The number of carbonyl (C=O) groups excluding carboxylic acids is 1. The lowest BCUT2D eigenvalue weighted by Gasteiger charge is -2.32. The second-order valence-corrected chi connectivity index (χ2v) is 5.28. The molecule has 0 atom stereocenters. The highest BCUT2D eigenvalue weighted by atomic mass is 16.2. The van der Waals surface area contributed by atoms with Gasteiger partial charge in [-0.3, -0.25) is 4.79 Å². The van der Waals surface area contributed by atoms with Gasteiger partial charge in [0.1, 0.15) is 0 Å². The summed E-state index contributed by atoms with van der Waals surface area (Å²) in [4.78, 5) is 14.7. The van der Waals surface area contributed by atoms with Gasteiger partial charge in [0.2, 0.25) is 5.91 Å². The highest BCUT2D eigenvalue weighted by Crippen LogP contribution is 2.25. The molecule has 0 aliphatic heterocycles. The van der Waals surface area contributed by atoms with Crippen LogP contribution in [-0.4, -0.2) is 23.9 Å². The van der Waals surface area contributed by atoms with Crippen LogP contribution in [0.3, 0.4) is 0 Å². The van der Waals surface area contributed by atoms with Crippen molar-refractivity contribution in [1.82, 2.24) is 4.90 Å². The molecule has 1 aromatic carbocycles. The molecule has 1 aromatic rings. The molecule has 18 heavy (non-hydrogen) atoms. The molecule has 2 nitrogen and oxygen atoms in total. The molecule has 0 saturated carbocycles. The molecule has 0 radical (unpaired) electrons. The van der Waals surface area contributed by atoms with Crippen molar-refractivity contribution in [1.29, 1.82) is 0 Å². The molecule has 0 saturated heterocycles. The summed E-state index contributed by atoms with van der Waals surface area (Å²) in [5.74, 6) is 0.234. The lowest BCUT2D eigenvalue weighted by atomic mass is 9.83. The van der Waals surface area contributed by atoms with Gasteiger partial charge >= 0.3 is 0 Å². The minimum atomic E-state index is -0.439. The van der Waals surface area contributed by atoms with Gasteiger partial charge in [0.05, 0.1) is 5.41 Å². The van der Waals surface area contributed by atoms with Crippen molar-refractivity contribution in [3.8, 4) is 0 Å². The van der Waals surface area contributed by atoms with E-state index in [1.807, 2.05) is 49.1 Å². The van der Waals surface area contributed by atoms with Crippen LogP contribution in [0, 0.1) is 0 Å². The number of carbonyl (C=O) groups is 1. The van der Waals surface area contributed by atoms with Crippen LogP contribution in [0.2, 0.25) is 0 Å². The average molecular weight is 247 g/mol. The first-order valence-corrected chi connectivity index (χ1v) is 6.89. The SMILES string of the molecule is CCCN(CCC)C(=O)C(C)(C)c1ccccc1. The van der Waals surface area contributed by atoms with E-state index in [-0.39, 0.29) is 5.91 Å². The van der Waals surface area contributed by atoms with Crippen LogP contribution in [0.25, 0.3) is 0 Å². The van der Waals surface area contributed by atoms with Crippen molar-refractivity contribution in [2.75, 3.05) is 13.1 Å². The van der Waals surface area contributed by atoms with Crippen molar-refractivity contribution in [3.63, 3.8) is 0 Å². The second-order valence-electron chi connectivity index (χ2n) is 5.28. The van der Waals surface area contributed by atoms with E-state index in [0.29, 0.717) is 0 Å². The zero-order chi connectivity index (χ0) is 13.6. The number of benzene rings is 1. The summed E-state index contributed by atoms with van der Waals surface area (Å²) in [7, 11) is 0. The normalized spacial score (nSPS) is 11.3. The standard InChI is InChI=1S/C16H25NO/c1-5-12-17(13-6-2)15(18)16(3,4)14-10-8-7-9-11-14/h7-11H,5-6,12-13H2,1-4H3. The molecule has 1 rings (SSSR count). The van der Waals surface area contributed by atoms with Crippen molar-refractivity contribution in [3.05, 3.63) is 35.9 Å². The Hall–Kier alpha value is -1.31. The highest BCUT2D eigenvalue weighted by Gasteiger charge is 2.32. The third-order valence-electron chi connectivity index (χ3n) is 3.30. The van der Waals surface area contributed by atoms with Crippen LogP contribution < -0.4 is 0 Å². The number of hydrogen-bond donors (Lipinski definition) is 0. The fourth-order valence-electron chi connectivity index (χ4n) is 2.23. The molecule has 0 unspecified atom stereocenters. The van der Waals surface area contributed by atoms with Gasteiger partial charge < -0.3 is 4.90 Å². The Morgan fingerprint density at radius 3 is 2.00 bits per heavy atom. The lowest BCUT2D eigenvalue weighted by molar-refractivity contribution is -0.136. The third kappa shape index (κ3) is 3.34. The Balaban J connectivity index is 2.92. The van der Waals surface area contributed by atoms with E-state index in [0.717, 1.165) is 31.5 Å². The summed E-state index contributed by atoms with van der Waals surface area (Å²) in [6, 6.07) is 10.0. The van der Waals surface area contributed by atoms with Crippen LogP contribution in [-0.2, 0) is 10.2 Å². The lowest BCUT2D eigenvalue weighted by Crippen LogP contribution is -2.44. The molecule has 2 heteroatoms. The van der Waals surface area contributed by atoms with Gasteiger partial charge in [-0.05, 0) is 32.3 Å². The molecule has 0 heterocycles. The molecule has 0 aromatic heterocycles. The zero-order valence-corrected chi connectivity index (χ0v) is 12.1. The van der Waals surface area contributed by atoms with Gasteiger partial charge in [-0.15, -0.1) is 0 Å². The third-order valence-corrected chi connectivity index (χ3v) is 3.30. The maximum Gasteiger partial charge on any atom is 0.232 e. The van der Waals surface area contributed by atoms with E-state index in [1.54, 1.807) is 0 Å². The molecular formula is C16H25NO. The minimum Gasteiger partial charge on any atom is -0.342 e. The fraction of sp³-hybridized carbons (Fsp3) is 0.562. The van der Waals surface area contributed by atoms with Crippen molar-refractivity contribution in [2.24, 2.45) is 0 Å². The van der Waals surface area contributed by atoms with E-state index < -0.39 is 5.41 Å². The highest BCUT2D eigenvalue weighted by molar-refractivity contribution is 5.87. The summed E-state index contributed by atoms with van der Waals surface area (Å²) >= 11 is 0. The smallest absolute Gasteiger partial charge is 0.232 e. The minimum absolute atomic E-state index is 0.234. The Bertz CT molecular complexity index is 364. The Morgan fingerprint density at radius 2 is 1.56 bits per heavy atom. The molecule has 0 aliphatic carbocycles. The van der Waals surface area contributed by atoms with Gasteiger partial charge in [0.15, 0.2) is 0 Å². The molecule has 0 aliphatic rings. The maximum atomic E-state index is 12.7. The molecule has 0 bridgehead atoms. The summed E-state index contributed by atoms with van der Waals surface area (Å²) in [6.45, 7) is 9.97. The molecule has 100 valence electrons. The van der Waals surface area contributed by atoms with Crippen LogP contribution in [0.1, 0.15) is 46.1 Å². The van der Waals surface area contributed by atoms with Crippen molar-refractivity contribution in [2.45, 2.75) is 46.0 Å². The van der Waals surface area contributed by atoms with Gasteiger partial charge in [-0.1, -0.05) is 44.2 Å². The molecule has 0 spiro atoms.